The Hall–Kier alpha value is -1.89. The zero-order valence-corrected chi connectivity index (χ0v) is 13.4. The molecule has 0 bridgehead atoms. The zero-order chi connectivity index (χ0) is 15.6. The average Bonchev–Trinajstić information content (AvgIpc) is 3.09. The van der Waals surface area contributed by atoms with Gasteiger partial charge >= 0.3 is 0 Å². The summed E-state index contributed by atoms with van der Waals surface area (Å²) in [5, 5.41) is 7.91. The number of rotatable bonds is 4. The normalized spacial score (nSPS) is 16.9. The number of sulfone groups is 1. The predicted molar refractivity (Wildman–Crippen MR) is 84.7 cm³/mol. The summed E-state index contributed by atoms with van der Waals surface area (Å²) in [6.45, 7) is 3.32. The van der Waals surface area contributed by atoms with Crippen LogP contribution in [0.1, 0.15) is 25.8 Å². The Kier molecular flexibility index (Phi) is 4.15. The Bertz CT molecular complexity index is 720. The van der Waals surface area contributed by atoms with Crippen molar-refractivity contribution in [2.75, 3.05) is 23.7 Å². The first-order valence-corrected chi connectivity index (χ1v) is 9.19. The number of para-hydroxylation sites is 1. The van der Waals surface area contributed by atoms with Crippen LogP contribution in [-0.2, 0) is 9.84 Å². The molecule has 22 heavy (non-hydrogen) atoms. The molecular formula is C15H20N4O2S. The first-order valence-electron chi connectivity index (χ1n) is 7.54. The maximum atomic E-state index is 12.3. The highest BCUT2D eigenvalue weighted by Gasteiger charge is 2.25. The maximum Gasteiger partial charge on any atom is 0.180 e. The van der Waals surface area contributed by atoms with E-state index in [1.54, 1.807) is 25.3 Å². The fourth-order valence-corrected chi connectivity index (χ4v) is 4.03. The van der Waals surface area contributed by atoms with Crippen LogP contribution in [0, 0.1) is 0 Å². The van der Waals surface area contributed by atoms with Crippen LogP contribution in [0.25, 0.3) is 0 Å². The fraction of sp³-hybridized carbons (Fsp3) is 0.467. The zero-order valence-electron chi connectivity index (χ0n) is 12.6. The van der Waals surface area contributed by atoms with Crippen molar-refractivity contribution in [2.24, 2.45) is 0 Å². The Labute approximate surface area is 130 Å². The van der Waals surface area contributed by atoms with Crippen molar-refractivity contribution in [3.05, 3.63) is 36.7 Å². The predicted octanol–water partition coefficient (Wildman–Crippen LogP) is 1.91. The minimum Gasteiger partial charge on any atom is -0.370 e. The molecule has 0 saturated carbocycles. The van der Waals surface area contributed by atoms with Gasteiger partial charge in [0.2, 0.25) is 0 Å². The first-order chi connectivity index (χ1) is 10.6. The fourth-order valence-electron chi connectivity index (χ4n) is 2.92. The van der Waals surface area contributed by atoms with Crippen LogP contribution < -0.4 is 4.90 Å². The minimum absolute atomic E-state index is 0.124. The van der Waals surface area contributed by atoms with E-state index in [2.05, 4.69) is 15.2 Å². The van der Waals surface area contributed by atoms with Crippen molar-refractivity contribution in [1.29, 1.82) is 0 Å². The van der Waals surface area contributed by atoms with E-state index in [4.69, 9.17) is 0 Å². The number of hydrogen-bond donors (Lipinski definition) is 0. The molecule has 0 aliphatic carbocycles. The smallest absolute Gasteiger partial charge is 0.180 e. The average molecular weight is 320 g/mol. The van der Waals surface area contributed by atoms with Crippen molar-refractivity contribution >= 4 is 15.5 Å². The van der Waals surface area contributed by atoms with E-state index in [1.807, 2.05) is 23.0 Å². The summed E-state index contributed by atoms with van der Waals surface area (Å²) in [4.78, 5) is 2.60. The van der Waals surface area contributed by atoms with Crippen molar-refractivity contribution in [3.8, 4) is 0 Å². The molecule has 0 atom stereocenters. The molecule has 0 N–H and O–H groups in total. The molecule has 1 saturated heterocycles. The van der Waals surface area contributed by atoms with Crippen molar-refractivity contribution < 1.29 is 8.42 Å². The number of aromatic nitrogens is 3. The van der Waals surface area contributed by atoms with Gasteiger partial charge in [-0.1, -0.05) is 24.3 Å². The second-order valence-electron chi connectivity index (χ2n) is 5.47. The summed E-state index contributed by atoms with van der Waals surface area (Å²) in [7, 11) is -3.20. The largest absolute Gasteiger partial charge is 0.370 e. The van der Waals surface area contributed by atoms with Crippen molar-refractivity contribution in [1.82, 2.24) is 15.0 Å². The quantitative estimate of drug-likeness (QED) is 0.861. The molecule has 0 spiro atoms. The Balaban J connectivity index is 1.80. The molecule has 118 valence electrons. The third-order valence-corrected chi connectivity index (χ3v) is 5.98. The van der Waals surface area contributed by atoms with Gasteiger partial charge in [-0.25, -0.2) is 13.1 Å². The minimum atomic E-state index is -3.20. The van der Waals surface area contributed by atoms with Gasteiger partial charge in [-0.3, -0.25) is 0 Å². The van der Waals surface area contributed by atoms with Gasteiger partial charge in [-0.15, -0.1) is 5.10 Å². The third kappa shape index (κ3) is 2.85. The molecule has 2 aromatic rings. The topological polar surface area (TPSA) is 68.1 Å². The van der Waals surface area contributed by atoms with Gasteiger partial charge < -0.3 is 4.90 Å². The highest BCUT2D eigenvalue weighted by atomic mass is 32.2. The molecule has 1 aliphatic heterocycles. The Morgan fingerprint density at radius 3 is 2.59 bits per heavy atom. The lowest BCUT2D eigenvalue weighted by Gasteiger charge is -2.34. The SMILES string of the molecule is CCS(=O)(=O)c1ccccc1N1CCC(n2ccnn2)CC1. The molecule has 7 heteroatoms. The molecule has 1 aromatic carbocycles. The van der Waals surface area contributed by atoms with Gasteiger partial charge in [-0.2, -0.15) is 0 Å². The third-order valence-electron chi connectivity index (χ3n) is 4.20. The van der Waals surface area contributed by atoms with E-state index < -0.39 is 9.84 Å². The lowest BCUT2D eigenvalue weighted by Crippen LogP contribution is -2.35. The van der Waals surface area contributed by atoms with Crippen LogP contribution in [0.3, 0.4) is 0 Å². The van der Waals surface area contributed by atoms with E-state index in [-0.39, 0.29) is 5.75 Å². The molecular weight excluding hydrogens is 300 g/mol. The highest BCUT2D eigenvalue weighted by Crippen LogP contribution is 2.30. The van der Waals surface area contributed by atoms with Crippen LogP contribution in [0.5, 0.6) is 0 Å². The summed E-state index contributed by atoms with van der Waals surface area (Å²) in [5.41, 5.74) is 0.821. The van der Waals surface area contributed by atoms with Crippen LogP contribution >= 0.6 is 0 Å². The van der Waals surface area contributed by atoms with E-state index in [0.29, 0.717) is 10.9 Å². The molecule has 0 radical (unpaired) electrons. The molecule has 3 rings (SSSR count). The monoisotopic (exact) mass is 320 g/mol. The molecule has 6 nitrogen and oxygen atoms in total. The van der Waals surface area contributed by atoms with Gasteiger partial charge in [0.15, 0.2) is 9.84 Å². The van der Waals surface area contributed by atoms with Gasteiger partial charge in [0.1, 0.15) is 0 Å². The Morgan fingerprint density at radius 1 is 1.23 bits per heavy atom. The number of nitrogens with zero attached hydrogens (tertiary/aromatic N) is 4. The van der Waals surface area contributed by atoms with E-state index in [0.717, 1.165) is 31.6 Å². The van der Waals surface area contributed by atoms with E-state index >= 15 is 0 Å². The summed E-state index contributed by atoms with van der Waals surface area (Å²) < 4.78 is 26.4. The second kappa shape index (κ2) is 6.08. The molecule has 1 aliphatic rings. The van der Waals surface area contributed by atoms with Crippen LogP contribution in [-0.4, -0.2) is 42.3 Å². The molecule has 0 amide bonds. The summed E-state index contributed by atoms with van der Waals surface area (Å²) in [6, 6.07) is 7.63. The van der Waals surface area contributed by atoms with Crippen LogP contribution in [0.4, 0.5) is 5.69 Å². The van der Waals surface area contributed by atoms with E-state index in [9.17, 15) is 8.42 Å². The lowest BCUT2D eigenvalue weighted by molar-refractivity contribution is 0.359. The lowest BCUT2D eigenvalue weighted by atomic mass is 10.0. The van der Waals surface area contributed by atoms with Crippen LogP contribution in [0.15, 0.2) is 41.6 Å². The number of piperidine rings is 1. The van der Waals surface area contributed by atoms with Gasteiger partial charge in [0, 0.05) is 19.3 Å². The number of benzene rings is 1. The summed E-state index contributed by atoms with van der Waals surface area (Å²) >= 11 is 0. The van der Waals surface area contributed by atoms with Gasteiger partial charge in [-0.05, 0) is 25.0 Å². The van der Waals surface area contributed by atoms with Crippen LogP contribution in [0.2, 0.25) is 0 Å². The van der Waals surface area contributed by atoms with Gasteiger partial charge in [0.25, 0.3) is 0 Å². The van der Waals surface area contributed by atoms with Gasteiger partial charge in [0.05, 0.1) is 28.6 Å². The van der Waals surface area contributed by atoms with E-state index in [1.165, 1.54) is 0 Å². The second-order valence-corrected chi connectivity index (χ2v) is 7.72. The number of anilines is 1. The maximum absolute atomic E-state index is 12.3. The molecule has 2 heterocycles. The van der Waals surface area contributed by atoms with Crippen molar-refractivity contribution in [3.63, 3.8) is 0 Å². The molecule has 0 unspecified atom stereocenters. The molecule has 1 fully saturated rings. The Morgan fingerprint density at radius 2 is 1.95 bits per heavy atom. The van der Waals surface area contributed by atoms with Crippen molar-refractivity contribution in [2.45, 2.75) is 30.7 Å². The number of hydrogen-bond acceptors (Lipinski definition) is 5. The summed E-state index contributed by atoms with van der Waals surface area (Å²) in [6.07, 6.45) is 5.44. The first kappa shape index (κ1) is 15.0. The molecule has 1 aromatic heterocycles. The summed E-state index contributed by atoms with van der Waals surface area (Å²) in [5.74, 6) is 0.124. The highest BCUT2D eigenvalue weighted by molar-refractivity contribution is 7.91. The standard InChI is InChI=1S/C15H20N4O2S/c1-2-22(20,21)15-6-4-3-5-14(15)18-10-7-13(8-11-18)19-12-9-16-17-19/h3-6,9,12-13H,2,7-8,10-11H2,1H3.